The van der Waals surface area contributed by atoms with E-state index >= 15 is 0 Å². The van der Waals surface area contributed by atoms with Gasteiger partial charge in [0.15, 0.2) is 0 Å². The number of rotatable bonds is 2. The van der Waals surface area contributed by atoms with Crippen molar-refractivity contribution in [1.82, 2.24) is 0 Å². The van der Waals surface area contributed by atoms with Gasteiger partial charge in [0.1, 0.15) is 0 Å². The van der Waals surface area contributed by atoms with Crippen molar-refractivity contribution in [2.24, 2.45) is 4.99 Å². The molecule has 0 N–H and O–H groups in total. The van der Waals surface area contributed by atoms with Gasteiger partial charge in [0, 0.05) is 11.2 Å². The van der Waals surface area contributed by atoms with E-state index in [1.807, 2.05) is 48.5 Å². The summed E-state index contributed by atoms with van der Waals surface area (Å²) in [5.41, 5.74) is 1.75. The molecule has 0 aliphatic heterocycles. The highest BCUT2D eigenvalue weighted by Gasteiger charge is 1.94. The van der Waals surface area contributed by atoms with E-state index in [-0.39, 0.29) is 0 Å². The van der Waals surface area contributed by atoms with Crippen LogP contribution in [0, 0.1) is 0 Å². The molecule has 2 aromatic carbocycles. The summed E-state index contributed by atoms with van der Waals surface area (Å²) in [7, 11) is 0. The van der Waals surface area contributed by atoms with E-state index in [1.54, 1.807) is 6.21 Å². The molecule has 0 aliphatic carbocycles. The Morgan fingerprint density at radius 1 is 0.875 bits per heavy atom. The Hall–Kier alpha value is -1.31. The zero-order valence-corrected chi connectivity index (χ0v) is 9.91. The third-order valence-electron chi connectivity index (χ3n) is 2.08. The van der Waals surface area contributed by atoms with Crippen LogP contribution in [-0.4, -0.2) is 6.21 Å². The largest absolute Gasteiger partial charge is 0.255 e. The van der Waals surface area contributed by atoms with Crippen LogP contribution in [0.4, 0.5) is 5.69 Å². The summed E-state index contributed by atoms with van der Waals surface area (Å²) in [6.45, 7) is 0. The summed E-state index contributed by atoms with van der Waals surface area (Å²) in [4.78, 5) is 4.31. The second kappa shape index (κ2) is 5.15. The van der Waals surface area contributed by atoms with Gasteiger partial charge in [-0.15, -0.1) is 0 Å². The molecule has 0 unspecified atom stereocenters. The van der Waals surface area contributed by atoms with Crippen molar-refractivity contribution in [3.8, 4) is 0 Å². The van der Waals surface area contributed by atoms with Crippen LogP contribution in [0.2, 0.25) is 10.0 Å². The van der Waals surface area contributed by atoms with Gasteiger partial charge >= 0.3 is 0 Å². The first-order valence-corrected chi connectivity index (χ1v) is 5.55. The predicted octanol–water partition coefficient (Wildman–Crippen LogP) is 4.74. The Morgan fingerprint density at radius 3 is 2.25 bits per heavy atom. The number of hydrogen-bond acceptors (Lipinski definition) is 1. The van der Waals surface area contributed by atoms with Crippen LogP contribution >= 0.6 is 23.2 Å². The molecule has 2 rings (SSSR count). The maximum atomic E-state index is 5.98. The van der Waals surface area contributed by atoms with E-state index in [9.17, 15) is 0 Å². The van der Waals surface area contributed by atoms with Gasteiger partial charge in [-0.2, -0.15) is 0 Å². The number of halogens is 2. The molecule has 0 bridgehead atoms. The van der Waals surface area contributed by atoms with Crippen LogP contribution in [0.3, 0.4) is 0 Å². The normalized spacial score (nSPS) is 10.9. The smallest absolute Gasteiger partial charge is 0.0816 e. The van der Waals surface area contributed by atoms with E-state index < -0.39 is 0 Å². The van der Waals surface area contributed by atoms with Gasteiger partial charge in [0.05, 0.1) is 10.7 Å². The summed E-state index contributed by atoms with van der Waals surface area (Å²) in [5.74, 6) is 0. The van der Waals surface area contributed by atoms with Gasteiger partial charge in [-0.1, -0.05) is 47.5 Å². The zero-order chi connectivity index (χ0) is 11.4. The van der Waals surface area contributed by atoms with Gasteiger partial charge in [-0.3, -0.25) is 4.99 Å². The van der Waals surface area contributed by atoms with Crippen molar-refractivity contribution >= 4 is 35.1 Å². The maximum Gasteiger partial charge on any atom is 0.0816 e. The molecular weight excluding hydrogens is 241 g/mol. The molecule has 0 heterocycles. The lowest BCUT2D eigenvalue weighted by molar-refractivity contribution is 1.52. The first kappa shape index (κ1) is 11.2. The minimum Gasteiger partial charge on any atom is -0.255 e. The Labute approximate surface area is 104 Å². The molecule has 0 aliphatic rings. The number of para-hydroxylation sites is 1. The minimum absolute atomic E-state index is 0.646. The van der Waals surface area contributed by atoms with Crippen LogP contribution in [-0.2, 0) is 0 Å². The van der Waals surface area contributed by atoms with Crippen LogP contribution in [0.5, 0.6) is 0 Å². The van der Waals surface area contributed by atoms with Crippen molar-refractivity contribution in [3.05, 3.63) is 64.1 Å². The predicted molar refractivity (Wildman–Crippen MR) is 70.2 cm³/mol. The van der Waals surface area contributed by atoms with Crippen LogP contribution in [0.25, 0.3) is 0 Å². The minimum atomic E-state index is 0.646. The van der Waals surface area contributed by atoms with E-state index in [4.69, 9.17) is 23.2 Å². The number of hydrogen-bond donors (Lipinski definition) is 0. The van der Waals surface area contributed by atoms with E-state index in [1.165, 1.54) is 0 Å². The molecule has 0 amide bonds. The van der Waals surface area contributed by atoms with E-state index in [0.29, 0.717) is 5.02 Å². The Bertz CT molecular complexity index is 504. The highest BCUT2D eigenvalue weighted by Crippen LogP contribution is 2.23. The molecular formula is C13H9Cl2N. The fourth-order valence-corrected chi connectivity index (χ4v) is 1.56. The van der Waals surface area contributed by atoms with Crippen molar-refractivity contribution in [1.29, 1.82) is 0 Å². The van der Waals surface area contributed by atoms with Crippen molar-refractivity contribution in [3.63, 3.8) is 0 Å². The highest BCUT2D eigenvalue weighted by molar-refractivity contribution is 6.33. The summed E-state index contributed by atoms with van der Waals surface area (Å²) >= 11 is 11.8. The summed E-state index contributed by atoms with van der Waals surface area (Å²) < 4.78 is 0. The van der Waals surface area contributed by atoms with Crippen LogP contribution in [0.15, 0.2) is 53.5 Å². The van der Waals surface area contributed by atoms with Gasteiger partial charge in [0.2, 0.25) is 0 Å². The highest BCUT2D eigenvalue weighted by atomic mass is 35.5. The van der Waals surface area contributed by atoms with Gasteiger partial charge in [0.25, 0.3) is 0 Å². The van der Waals surface area contributed by atoms with E-state index in [2.05, 4.69) is 4.99 Å². The Kier molecular flexibility index (Phi) is 3.60. The van der Waals surface area contributed by atoms with Gasteiger partial charge in [-0.25, -0.2) is 0 Å². The fourth-order valence-electron chi connectivity index (χ4n) is 1.25. The van der Waals surface area contributed by atoms with Gasteiger partial charge in [-0.05, 0) is 29.8 Å². The third-order valence-corrected chi connectivity index (χ3v) is 2.65. The topological polar surface area (TPSA) is 12.4 Å². The van der Waals surface area contributed by atoms with Crippen molar-refractivity contribution in [2.45, 2.75) is 0 Å². The van der Waals surface area contributed by atoms with Crippen molar-refractivity contribution < 1.29 is 0 Å². The molecule has 0 fully saturated rings. The molecule has 3 heteroatoms. The summed E-state index contributed by atoms with van der Waals surface area (Å²) in [6.07, 6.45) is 1.76. The average Bonchev–Trinajstić information content (AvgIpc) is 2.30. The molecule has 0 atom stereocenters. The maximum absolute atomic E-state index is 5.98. The molecule has 2 aromatic rings. The second-order valence-electron chi connectivity index (χ2n) is 3.26. The molecule has 0 saturated carbocycles. The Morgan fingerprint density at radius 2 is 1.56 bits per heavy atom. The molecule has 0 saturated heterocycles. The first-order chi connectivity index (χ1) is 7.75. The summed E-state index contributed by atoms with van der Waals surface area (Å²) in [6, 6.07) is 14.9. The summed E-state index contributed by atoms with van der Waals surface area (Å²) in [5, 5.41) is 1.36. The lowest BCUT2D eigenvalue weighted by Crippen LogP contribution is -1.79. The average molecular weight is 250 g/mol. The molecule has 16 heavy (non-hydrogen) atoms. The quantitative estimate of drug-likeness (QED) is 0.682. The molecule has 1 nitrogen and oxygen atoms in total. The third kappa shape index (κ3) is 2.84. The van der Waals surface area contributed by atoms with Crippen molar-refractivity contribution in [2.75, 3.05) is 0 Å². The standard InChI is InChI=1S/C13H9Cl2N/c14-11-7-5-10(6-8-11)9-16-13-4-2-1-3-12(13)15/h1-9H/b16-9+. The van der Waals surface area contributed by atoms with E-state index in [0.717, 1.165) is 16.3 Å². The first-order valence-electron chi connectivity index (χ1n) is 4.80. The Balaban J connectivity index is 2.21. The lowest BCUT2D eigenvalue weighted by Gasteiger charge is -1.96. The van der Waals surface area contributed by atoms with Crippen LogP contribution < -0.4 is 0 Å². The number of benzene rings is 2. The monoisotopic (exact) mass is 249 g/mol. The molecule has 0 radical (unpaired) electrons. The molecule has 80 valence electrons. The lowest BCUT2D eigenvalue weighted by atomic mass is 10.2. The fraction of sp³-hybridized carbons (Fsp3) is 0. The van der Waals surface area contributed by atoms with Crippen LogP contribution in [0.1, 0.15) is 5.56 Å². The number of aliphatic imine (C=N–C) groups is 1. The molecule has 0 spiro atoms. The molecule has 0 aromatic heterocycles. The SMILES string of the molecule is Clc1ccc(/C=N/c2ccccc2Cl)cc1. The number of nitrogens with zero attached hydrogens (tertiary/aromatic N) is 1. The zero-order valence-electron chi connectivity index (χ0n) is 8.40. The second-order valence-corrected chi connectivity index (χ2v) is 4.10. The van der Waals surface area contributed by atoms with Gasteiger partial charge < -0.3 is 0 Å².